The molecule has 0 amide bonds. The first-order valence-corrected chi connectivity index (χ1v) is 20.0. The minimum Gasteiger partial charge on any atom is -0.435 e. The van der Waals surface area contributed by atoms with E-state index in [-0.39, 0.29) is 76.4 Å². The van der Waals surface area contributed by atoms with Gasteiger partial charge in [-0.3, -0.25) is 0 Å². The average Bonchev–Trinajstić information content (AvgIpc) is 3.19. The second kappa shape index (κ2) is 30.8. The van der Waals surface area contributed by atoms with Crippen molar-refractivity contribution in [3.05, 3.63) is 131 Å². The number of rotatable bonds is 7. The molecule has 6 nitrogen and oxygen atoms in total. The van der Waals surface area contributed by atoms with E-state index in [1.807, 2.05) is 0 Å². The van der Waals surface area contributed by atoms with Gasteiger partial charge in [0.15, 0.2) is 13.6 Å². The number of aryl methyl sites for hydroxylation is 2. The predicted molar refractivity (Wildman–Crippen MR) is 265 cm³/mol. The molecular weight excluding hydrogens is 952 g/mol. The first-order chi connectivity index (χ1) is 27.2. The Morgan fingerprint density at radius 2 is 0.825 bits per heavy atom. The number of hydrogen-bond acceptors (Lipinski definition) is 6. The third-order valence-corrected chi connectivity index (χ3v) is 11.4. The van der Waals surface area contributed by atoms with E-state index in [1.54, 1.807) is 13.8 Å². The molecule has 0 radical (unpaired) electrons. The number of hydrogen-bond donors (Lipinski definition) is 0. The van der Waals surface area contributed by atoms with Gasteiger partial charge in [0.05, 0.1) is 6.10 Å². The van der Waals surface area contributed by atoms with Gasteiger partial charge in [0.1, 0.15) is 0 Å². The van der Waals surface area contributed by atoms with Gasteiger partial charge in [-0.15, -0.1) is 11.1 Å². The Bertz CT molecular complexity index is 2080. The minimum absolute atomic E-state index is 0. The van der Waals surface area contributed by atoms with Crippen molar-refractivity contribution < 1.29 is 49.6 Å². The number of carbonyl (C=O) groups is 2. The summed E-state index contributed by atoms with van der Waals surface area (Å²) in [5.41, 5.74) is 21.7. The van der Waals surface area contributed by atoms with Gasteiger partial charge in [0.2, 0.25) is 0 Å². The summed E-state index contributed by atoms with van der Waals surface area (Å²) in [5.74, 6) is 13.4. The zero-order chi connectivity index (χ0) is 44.0. The van der Waals surface area contributed by atoms with E-state index in [4.69, 9.17) is 9.47 Å². The number of benzene rings is 3. The van der Waals surface area contributed by atoms with Crippen LogP contribution < -0.4 is 0 Å². The van der Waals surface area contributed by atoms with Gasteiger partial charge in [-0.25, -0.2) is 9.59 Å². The van der Waals surface area contributed by atoms with Gasteiger partial charge in [0.25, 0.3) is 0 Å². The van der Waals surface area contributed by atoms with E-state index in [2.05, 4.69) is 149 Å². The Labute approximate surface area is 400 Å². The molecule has 1 aliphatic rings. The van der Waals surface area contributed by atoms with Crippen LogP contribution in [0.1, 0.15) is 164 Å². The van der Waals surface area contributed by atoms with Crippen molar-refractivity contribution >= 4 is 11.9 Å². The molecule has 63 heavy (non-hydrogen) atoms. The van der Waals surface area contributed by atoms with Crippen molar-refractivity contribution in [3.8, 4) is 23.7 Å². The predicted octanol–water partition coefficient (Wildman–Crippen LogP) is 13.8. The summed E-state index contributed by atoms with van der Waals surface area (Å²) < 4.78 is 19.2. The van der Waals surface area contributed by atoms with Crippen LogP contribution >= 0.6 is 0 Å². The fourth-order valence-electron chi connectivity index (χ4n) is 6.54. The molecule has 7 heteroatoms. The second-order valence-corrected chi connectivity index (χ2v) is 15.4. The summed E-state index contributed by atoms with van der Waals surface area (Å²) in [6.07, 6.45) is 6.77. The molecular formula is C56H82O6W. The third kappa shape index (κ3) is 18.1. The SMILES string of the molecule is C.C.C.C.C=C(C)C(=O)OCOC.C=C(C)C(=O)OCOC1CC[CH-]CC1.Cc1[c-]c(C)c(C)c(C#Cc2c(C)c(C)c(C#Cc3c(C)c(C)c(C)c(C)c3C)c(C)c2C)c1C.[W+2]. The Kier molecular flexibility index (Phi) is 32.0. The van der Waals surface area contributed by atoms with Crippen LogP contribution in [0, 0.1) is 126 Å². The molecule has 0 atom stereocenters. The average molecular weight is 1040 g/mol. The number of ether oxygens (including phenoxy) is 4. The standard InChI is InChI=1S/C35H39.C11H17O3.C6H10O3.4CH4.W/c1-19-18-20(2)22(4)32(21(19)3)14-15-34-28(10)30(12)35(31(13)29(34)11)17-16-33-26(8)24(6)23(5)25(7)27(33)9;1-9(2)11(12)14-8-13-10-6-4-3-5-7-10;1-5(2)6(7)9-4-8-3;;;;;/h1-13H3;3,10H,1,4-8H2,2H3;1,4H2,2-3H3;4*1H4;/q2*-1;;;;;;+2. The van der Waals surface area contributed by atoms with Crippen molar-refractivity contribution in [2.45, 2.75) is 165 Å². The largest absolute Gasteiger partial charge is 2.00 e. The first-order valence-electron chi connectivity index (χ1n) is 20.0. The Hall–Kier alpha value is -4.19. The smallest absolute Gasteiger partial charge is 0.435 e. The van der Waals surface area contributed by atoms with Crippen molar-refractivity contribution in [2.75, 3.05) is 20.7 Å². The van der Waals surface area contributed by atoms with Gasteiger partial charge in [-0.2, -0.15) is 30.0 Å². The maximum absolute atomic E-state index is 11.0. The van der Waals surface area contributed by atoms with Crippen molar-refractivity contribution in [2.24, 2.45) is 0 Å². The molecule has 3 aromatic rings. The van der Waals surface area contributed by atoms with Crippen LogP contribution in [0.5, 0.6) is 0 Å². The molecule has 1 saturated carbocycles. The Balaban J connectivity index is -0.000000518. The summed E-state index contributed by atoms with van der Waals surface area (Å²) in [4.78, 5) is 21.5. The van der Waals surface area contributed by atoms with Gasteiger partial charge < -0.3 is 25.4 Å². The van der Waals surface area contributed by atoms with E-state index in [9.17, 15) is 9.59 Å². The molecule has 1 aliphatic carbocycles. The minimum atomic E-state index is -0.420. The van der Waals surface area contributed by atoms with Crippen LogP contribution in [-0.2, 0) is 49.6 Å². The summed E-state index contributed by atoms with van der Waals surface area (Å²) in [5, 5.41) is 0. The van der Waals surface area contributed by atoms with Crippen molar-refractivity contribution in [1.29, 1.82) is 0 Å². The molecule has 0 unspecified atom stereocenters. The Morgan fingerprint density at radius 1 is 0.540 bits per heavy atom. The van der Waals surface area contributed by atoms with Crippen molar-refractivity contribution in [3.63, 3.8) is 0 Å². The van der Waals surface area contributed by atoms with Crippen LogP contribution in [0.2, 0.25) is 0 Å². The fraction of sp³-hybridized carbons (Fsp3) is 0.482. The maximum Gasteiger partial charge on any atom is 2.00 e. The summed E-state index contributed by atoms with van der Waals surface area (Å²) in [6, 6.07) is 3.46. The van der Waals surface area contributed by atoms with Gasteiger partial charge in [-0.1, -0.05) is 113 Å². The molecule has 4 rings (SSSR count). The molecule has 0 spiro atoms. The molecule has 0 heterocycles. The van der Waals surface area contributed by atoms with Gasteiger partial charge in [-0.05, 0) is 126 Å². The topological polar surface area (TPSA) is 71.1 Å². The van der Waals surface area contributed by atoms with E-state index in [0.29, 0.717) is 11.1 Å². The monoisotopic (exact) mass is 1030 g/mol. The van der Waals surface area contributed by atoms with Crippen molar-refractivity contribution in [1.82, 2.24) is 0 Å². The first kappa shape index (κ1) is 65.4. The van der Waals surface area contributed by atoms with Crippen LogP contribution in [0.15, 0.2) is 24.3 Å². The molecule has 0 N–H and O–H groups in total. The molecule has 0 aromatic heterocycles. The third-order valence-electron chi connectivity index (χ3n) is 11.4. The van der Waals surface area contributed by atoms with Crippen LogP contribution in [0.3, 0.4) is 0 Å². The molecule has 0 bridgehead atoms. The Morgan fingerprint density at radius 3 is 1.14 bits per heavy atom. The van der Waals surface area contributed by atoms with E-state index >= 15 is 0 Å². The number of methoxy groups -OCH3 is 1. The van der Waals surface area contributed by atoms with Crippen LogP contribution in [0.25, 0.3) is 0 Å². The molecule has 348 valence electrons. The number of esters is 2. The van der Waals surface area contributed by atoms with E-state index < -0.39 is 5.97 Å². The van der Waals surface area contributed by atoms with Crippen LogP contribution in [-0.4, -0.2) is 38.7 Å². The zero-order valence-electron chi connectivity index (χ0n) is 38.7. The summed E-state index contributed by atoms with van der Waals surface area (Å²) >= 11 is 0. The fourth-order valence-corrected chi connectivity index (χ4v) is 6.54. The molecule has 0 saturated heterocycles. The molecule has 3 aromatic carbocycles. The maximum atomic E-state index is 11.0. The quantitative estimate of drug-likeness (QED) is 0.0772. The molecule has 0 aliphatic heterocycles. The van der Waals surface area contributed by atoms with Gasteiger partial charge in [0, 0.05) is 34.9 Å². The second-order valence-electron chi connectivity index (χ2n) is 15.4. The summed E-state index contributed by atoms with van der Waals surface area (Å²) in [6.45, 7) is 38.4. The number of carbonyl (C=O) groups excluding carboxylic acids is 2. The molecule has 1 fully saturated rings. The van der Waals surface area contributed by atoms with Crippen LogP contribution in [0.4, 0.5) is 0 Å². The normalized spacial score (nSPS) is 11.0. The van der Waals surface area contributed by atoms with E-state index in [0.717, 1.165) is 42.4 Å². The summed E-state index contributed by atoms with van der Waals surface area (Å²) in [7, 11) is 1.45. The zero-order valence-corrected chi connectivity index (χ0v) is 41.6. The van der Waals surface area contributed by atoms with Gasteiger partial charge >= 0.3 is 33.0 Å². The van der Waals surface area contributed by atoms with E-state index in [1.165, 1.54) is 85.0 Å².